The molecule has 1 heterocycles. The van der Waals surface area contributed by atoms with Crippen molar-refractivity contribution in [1.82, 2.24) is 10.6 Å². The van der Waals surface area contributed by atoms with Gasteiger partial charge in [-0.1, -0.05) is 0 Å². The van der Waals surface area contributed by atoms with Gasteiger partial charge < -0.3 is 15.5 Å². The normalized spacial score (nSPS) is 19.5. The summed E-state index contributed by atoms with van der Waals surface area (Å²) in [6.45, 7) is -0.147. The van der Waals surface area contributed by atoms with Crippen LogP contribution >= 0.6 is 0 Å². The first-order valence-corrected chi connectivity index (χ1v) is 4.44. The maximum atomic E-state index is 11.3. The van der Waals surface area contributed by atoms with Gasteiger partial charge in [0.2, 0.25) is 11.8 Å². The second-order valence-corrected chi connectivity index (χ2v) is 3.01. The molecule has 8 nitrogen and oxygen atoms in total. The van der Waals surface area contributed by atoms with E-state index in [0.717, 1.165) is 0 Å². The zero-order chi connectivity index (χ0) is 11.3. The van der Waals surface area contributed by atoms with Crippen LogP contribution in [0.25, 0.3) is 0 Å². The average molecular weight is 217 g/mol. The van der Waals surface area contributed by atoms with Crippen molar-refractivity contribution in [2.24, 2.45) is 0 Å². The van der Waals surface area contributed by atoms with Gasteiger partial charge in [-0.25, -0.2) is 0 Å². The van der Waals surface area contributed by atoms with Gasteiger partial charge in [0.05, 0.1) is 0 Å². The number of carbonyl (C=O) groups excluding carboxylic acids is 2. The number of amides is 2. The number of nitrogens with zero attached hydrogens (tertiary/aromatic N) is 1. The first-order valence-electron chi connectivity index (χ1n) is 4.44. The Bertz CT molecular complexity index is 280. The molecule has 1 fully saturated rings. The number of carbonyl (C=O) groups is 2. The van der Waals surface area contributed by atoms with Crippen LogP contribution in [0.4, 0.5) is 0 Å². The third kappa shape index (κ3) is 3.79. The Balaban J connectivity index is 2.13. The molecule has 0 aromatic carbocycles. The molecule has 8 heteroatoms. The van der Waals surface area contributed by atoms with Crippen LogP contribution in [0.15, 0.2) is 0 Å². The predicted molar refractivity (Wildman–Crippen MR) is 47.1 cm³/mol. The van der Waals surface area contributed by atoms with E-state index in [1.165, 1.54) is 0 Å². The van der Waals surface area contributed by atoms with Crippen molar-refractivity contribution in [3.63, 3.8) is 0 Å². The summed E-state index contributed by atoms with van der Waals surface area (Å²) < 4.78 is 0. The van der Waals surface area contributed by atoms with Crippen molar-refractivity contribution >= 4 is 11.8 Å². The van der Waals surface area contributed by atoms with Gasteiger partial charge in [-0.05, 0) is 6.42 Å². The smallest absolute Gasteiger partial charge is 0.294 e. The maximum Gasteiger partial charge on any atom is 0.294 e. The van der Waals surface area contributed by atoms with Gasteiger partial charge >= 0.3 is 0 Å². The van der Waals surface area contributed by atoms with Gasteiger partial charge in [-0.15, -0.1) is 10.1 Å². The lowest BCUT2D eigenvalue weighted by molar-refractivity contribution is -0.757. The molecule has 1 saturated heterocycles. The van der Waals surface area contributed by atoms with E-state index in [9.17, 15) is 19.7 Å². The van der Waals surface area contributed by atoms with E-state index in [4.69, 9.17) is 0 Å². The summed E-state index contributed by atoms with van der Waals surface area (Å²) in [4.78, 5) is 35.8. The molecule has 0 saturated carbocycles. The van der Waals surface area contributed by atoms with E-state index < -0.39 is 11.1 Å². The number of nitrogens with one attached hydrogen (secondary N) is 2. The van der Waals surface area contributed by atoms with Crippen molar-refractivity contribution in [3.05, 3.63) is 10.1 Å². The van der Waals surface area contributed by atoms with Gasteiger partial charge in [-0.3, -0.25) is 9.59 Å². The Morgan fingerprint density at radius 3 is 3.00 bits per heavy atom. The molecule has 0 spiro atoms. The summed E-state index contributed by atoms with van der Waals surface area (Å²) in [6.07, 6.45) is 0.796. The highest BCUT2D eigenvalue weighted by Gasteiger charge is 2.26. The van der Waals surface area contributed by atoms with Crippen molar-refractivity contribution < 1.29 is 19.5 Å². The molecule has 0 bridgehead atoms. The van der Waals surface area contributed by atoms with Gasteiger partial charge in [0, 0.05) is 13.0 Å². The Labute approximate surface area is 85.1 Å². The molecule has 1 aliphatic heterocycles. The third-order valence-corrected chi connectivity index (χ3v) is 1.91. The van der Waals surface area contributed by atoms with E-state index in [-0.39, 0.29) is 25.0 Å². The maximum absolute atomic E-state index is 11.3. The molecule has 0 radical (unpaired) electrons. The molecule has 2 N–H and O–H groups in total. The molecule has 2 amide bonds. The van der Waals surface area contributed by atoms with Crippen molar-refractivity contribution in [3.8, 4) is 0 Å². The lowest BCUT2D eigenvalue weighted by atomic mass is 10.2. The summed E-state index contributed by atoms with van der Waals surface area (Å²) in [6, 6.07) is -0.520. The van der Waals surface area contributed by atoms with Crippen LogP contribution in [-0.2, 0) is 14.4 Å². The van der Waals surface area contributed by atoms with E-state index in [1.807, 2.05) is 0 Å². The minimum atomic E-state index is -0.927. The first-order chi connectivity index (χ1) is 7.09. The Morgan fingerprint density at radius 2 is 2.47 bits per heavy atom. The van der Waals surface area contributed by atoms with Crippen LogP contribution in [-0.4, -0.2) is 36.1 Å². The van der Waals surface area contributed by atoms with Crippen molar-refractivity contribution in [2.75, 3.05) is 13.2 Å². The minimum absolute atomic E-state index is 0.0478. The molecular formula is C7H11N3O5. The quantitative estimate of drug-likeness (QED) is 0.334. The SMILES string of the molecule is O=C1CCC(C(=O)NCCO[N+](=O)[O-])N1. The topological polar surface area (TPSA) is 111 Å². The summed E-state index contributed by atoms with van der Waals surface area (Å²) >= 11 is 0. The van der Waals surface area contributed by atoms with Gasteiger partial charge in [-0.2, -0.15) is 0 Å². The van der Waals surface area contributed by atoms with Crippen LogP contribution in [0.3, 0.4) is 0 Å². The van der Waals surface area contributed by atoms with Crippen LogP contribution in [0.2, 0.25) is 0 Å². The molecular weight excluding hydrogens is 206 g/mol. The monoisotopic (exact) mass is 217 g/mol. The number of rotatable bonds is 5. The van der Waals surface area contributed by atoms with Crippen LogP contribution in [0, 0.1) is 10.1 Å². The molecule has 1 atom stereocenters. The lowest BCUT2D eigenvalue weighted by Gasteiger charge is -2.09. The molecule has 1 unspecified atom stereocenters. The fourth-order valence-corrected chi connectivity index (χ4v) is 1.23. The molecule has 0 aliphatic carbocycles. The summed E-state index contributed by atoms with van der Waals surface area (Å²) in [5.41, 5.74) is 0. The van der Waals surface area contributed by atoms with E-state index in [2.05, 4.69) is 15.5 Å². The van der Waals surface area contributed by atoms with Crippen LogP contribution in [0.1, 0.15) is 12.8 Å². The standard InChI is InChI=1S/C7H11N3O5/c11-6-2-1-5(9-6)7(12)8-3-4-15-10(13)14/h5H,1-4H2,(H,8,12)(H,9,11). The number of hydrogen-bond donors (Lipinski definition) is 2. The third-order valence-electron chi connectivity index (χ3n) is 1.91. The highest BCUT2D eigenvalue weighted by molar-refractivity contribution is 5.90. The fraction of sp³-hybridized carbons (Fsp3) is 0.714. The lowest BCUT2D eigenvalue weighted by Crippen LogP contribution is -2.42. The molecule has 1 aliphatic rings. The zero-order valence-electron chi connectivity index (χ0n) is 7.89. The van der Waals surface area contributed by atoms with Gasteiger partial charge in [0.25, 0.3) is 5.09 Å². The Morgan fingerprint density at radius 1 is 1.73 bits per heavy atom. The van der Waals surface area contributed by atoms with E-state index in [0.29, 0.717) is 12.8 Å². The summed E-state index contributed by atoms with van der Waals surface area (Å²) in [5.74, 6) is -0.496. The first kappa shape index (κ1) is 11.2. The van der Waals surface area contributed by atoms with Crippen molar-refractivity contribution in [2.45, 2.75) is 18.9 Å². The van der Waals surface area contributed by atoms with Crippen molar-refractivity contribution in [1.29, 1.82) is 0 Å². The molecule has 0 aromatic rings. The molecule has 84 valence electrons. The van der Waals surface area contributed by atoms with Crippen LogP contribution < -0.4 is 10.6 Å². The summed E-state index contributed by atoms with van der Waals surface area (Å²) in [7, 11) is 0. The molecule has 15 heavy (non-hydrogen) atoms. The average Bonchev–Trinajstić information content (AvgIpc) is 2.59. The largest absolute Gasteiger partial charge is 0.352 e. The van der Waals surface area contributed by atoms with Gasteiger partial charge in [0.15, 0.2) is 0 Å². The van der Waals surface area contributed by atoms with Crippen LogP contribution in [0.5, 0.6) is 0 Å². The minimum Gasteiger partial charge on any atom is -0.352 e. The Hall–Kier alpha value is -1.86. The fourth-order valence-electron chi connectivity index (χ4n) is 1.23. The second kappa shape index (κ2) is 5.13. The van der Waals surface area contributed by atoms with E-state index >= 15 is 0 Å². The highest BCUT2D eigenvalue weighted by Crippen LogP contribution is 2.05. The van der Waals surface area contributed by atoms with Gasteiger partial charge in [0.1, 0.15) is 12.6 Å². The number of hydrogen-bond acceptors (Lipinski definition) is 5. The van der Waals surface area contributed by atoms with E-state index in [1.54, 1.807) is 0 Å². The molecule has 1 rings (SSSR count). The highest BCUT2D eigenvalue weighted by atomic mass is 16.9. The second-order valence-electron chi connectivity index (χ2n) is 3.01. The Kier molecular flexibility index (Phi) is 3.83. The summed E-state index contributed by atoms with van der Waals surface area (Å²) in [5, 5.41) is 13.7. The predicted octanol–water partition coefficient (Wildman–Crippen LogP) is -1.41. The molecule has 0 aromatic heterocycles. The zero-order valence-corrected chi connectivity index (χ0v) is 7.89.